The van der Waals surface area contributed by atoms with Gasteiger partial charge in [0.2, 0.25) is 0 Å². The van der Waals surface area contributed by atoms with Crippen LogP contribution in [0.15, 0.2) is 0 Å². The van der Waals surface area contributed by atoms with Crippen LogP contribution in [0.1, 0.15) is 0 Å². The lowest BCUT2D eigenvalue weighted by molar-refractivity contribution is 0.197. The molecule has 0 saturated heterocycles. The van der Waals surface area contributed by atoms with E-state index in [1.807, 2.05) is 0 Å². The van der Waals surface area contributed by atoms with E-state index in [4.69, 9.17) is 0 Å². The van der Waals surface area contributed by atoms with Gasteiger partial charge in [-0.25, -0.2) is 0 Å². The molecule has 0 rings (SSSR count). The van der Waals surface area contributed by atoms with Crippen LogP contribution in [0.2, 0.25) is 13.6 Å². The van der Waals surface area contributed by atoms with Crippen LogP contribution >= 0.6 is 0 Å². The summed E-state index contributed by atoms with van der Waals surface area (Å²) in [6, 6.07) is 0. The summed E-state index contributed by atoms with van der Waals surface area (Å²) in [6.45, 7) is 3.60. The van der Waals surface area contributed by atoms with Crippen LogP contribution in [-0.4, -0.2) is 19.7 Å². The molecular weight excluding hydrogens is 90.9 g/mol. The zero-order chi connectivity index (χ0) is 5.86. The number of hydrogen-bond acceptors (Lipinski definition) is 2. The summed E-state index contributed by atoms with van der Waals surface area (Å²) in [5, 5.41) is 0. The summed E-state index contributed by atoms with van der Waals surface area (Å²) >= 11 is 0. The lowest BCUT2D eigenvalue weighted by Gasteiger charge is -1.94. The van der Waals surface area contributed by atoms with Gasteiger partial charge in [-0.05, 0) is 0 Å². The summed E-state index contributed by atoms with van der Waals surface area (Å²) in [7, 11) is 1.39. The summed E-state index contributed by atoms with van der Waals surface area (Å²) in [5.74, 6) is -0.153. The second-order valence-electron chi connectivity index (χ2n) is 1.68. The Bertz CT molecular complexity index is 70.1. The van der Waals surface area contributed by atoms with Gasteiger partial charge in [-0.3, -0.25) is 4.79 Å². The predicted molar refractivity (Wildman–Crippen MR) is 29.9 cm³/mol. The quantitative estimate of drug-likeness (QED) is 0.461. The minimum atomic E-state index is -0.153. The highest BCUT2D eigenvalue weighted by atomic mass is 16.5. The minimum absolute atomic E-state index is 0.00463. The molecule has 0 aliphatic carbocycles. The van der Waals surface area contributed by atoms with E-state index in [0.29, 0.717) is 0 Å². The summed E-state index contributed by atoms with van der Waals surface area (Å²) in [5.41, 5.74) is 0. The number of methoxy groups -OCH3 is 1. The van der Waals surface area contributed by atoms with Crippen molar-refractivity contribution in [2.45, 2.75) is 13.6 Å². The summed E-state index contributed by atoms with van der Waals surface area (Å²) in [6.07, 6.45) is 0. The minimum Gasteiger partial charge on any atom is -0.477 e. The van der Waals surface area contributed by atoms with Crippen molar-refractivity contribution < 1.29 is 9.53 Å². The first-order valence-electron chi connectivity index (χ1n) is 2.26. The topological polar surface area (TPSA) is 26.3 Å². The first-order chi connectivity index (χ1) is 3.18. The first-order valence-corrected chi connectivity index (χ1v) is 2.26. The molecule has 0 N–H and O–H groups in total. The van der Waals surface area contributed by atoms with Crippen LogP contribution in [-0.2, 0) is 4.74 Å². The maximum atomic E-state index is 10.3. The van der Waals surface area contributed by atoms with E-state index in [-0.39, 0.29) is 12.6 Å². The van der Waals surface area contributed by atoms with Crippen molar-refractivity contribution in [3.8, 4) is 0 Å². The SMILES string of the molecule is COC(=O)B(C)C. The third-order valence-electron chi connectivity index (χ3n) is 0.673. The molecular formula is C4H9BO2. The Kier molecular flexibility index (Phi) is 2.49. The Morgan fingerprint density at radius 1 is 1.57 bits per heavy atom. The van der Waals surface area contributed by atoms with Crippen LogP contribution in [0.4, 0.5) is 4.79 Å². The monoisotopic (exact) mass is 100 g/mol. The van der Waals surface area contributed by atoms with Crippen LogP contribution in [0.25, 0.3) is 0 Å². The van der Waals surface area contributed by atoms with Crippen molar-refractivity contribution >= 4 is 12.6 Å². The van der Waals surface area contributed by atoms with Gasteiger partial charge in [-0.1, -0.05) is 13.6 Å². The maximum Gasteiger partial charge on any atom is 0.271 e. The standard InChI is InChI=1S/C4H9BO2/c1-5(2)4(6)7-3/h1-3H3. The highest BCUT2D eigenvalue weighted by Crippen LogP contribution is 1.83. The normalized spacial score (nSPS) is 7.86. The fraction of sp³-hybridized carbons (Fsp3) is 0.750. The number of carbonyl (C=O) groups excluding carboxylic acids is 1. The lowest BCUT2D eigenvalue weighted by Crippen LogP contribution is -2.16. The molecule has 40 valence electrons. The van der Waals surface area contributed by atoms with Gasteiger partial charge in [0.15, 0.2) is 0 Å². The van der Waals surface area contributed by atoms with Gasteiger partial charge >= 0.3 is 0 Å². The van der Waals surface area contributed by atoms with Gasteiger partial charge in [0, 0.05) is 0 Å². The van der Waals surface area contributed by atoms with E-state index in [1.54, 1.807) is 13.6 Å². The fourth-order valence-electron chi connectivity index (χ4n) is 0.236. The molecule has 0 aromatic carbocycles. The predicted octanol–water partition coefficient (Wildman–Crippen LogP) is 1.09. The third-order valence-corrected chi connectivity index (χ3v) is 0.673. The molecule has 0 heterocycles. The fourth-order valence-corrected chi connectivity index (χ4v) is 0.236. The Hall–Kier alpha value is -0.465. The molecule has 0 fully saturated rings. The zero-order valence-electron chi connectivity index (χ0n) is 4.89. The average molecular weight is 99.9 g/mol. The van der Waals surface area contributed by atoms with Gasteiger partial charge < -0.3 is 4.74 Å². The van der Waals surface area contributed by atoms with Crippen molar-refractivity contribution in [2.75, 3.05) is 7.11 Å². The van der Waals surface area contributed by atoms with Crippen molar-refractivity contribution in [3.05, 3.63) is 0 Å². The van der Waals surface area contributed by atoms with Gasteiger partial charge in [0.05, 0.1) is 7.11 Å². The molecule has 2 nitrogen and oxygen atoms in total. The van der Waals surface area contributed by atoms with E-state index >= 15 is 0 Å². The van der Waals surface area contributed by atoms with Crippen LogP contribution in [0, 0.1) is 0 Å². The molecule has 7 heavy (non-hydrogen) atoms. The Balaban J connectivity index is 3.35. The van der Waals surface area contributed by atoms with Gasteiger partial charge in [-0.15, -0.1) is 0 Å². The first kappa shape index (κ1) is 6.53. The van der Waals surface area contributed by atoms with E-state index in [9.17, 15) is 4.79 Å². The molecule has 0 aromatic rings. The van der Waals surface area contributed by atoms with Crippen molar-refractivity contribution in [1.29, 1.82) is 0 Å². The number of rotatable bonds is 1. The lowest BCUT2D eigenvalue weighted by atomic mass is 9.55. The average Bonchev–Trinajstić information content (AvgIpc) is 1.65. The van der Waals surface area contributed by atoms with Gasteiger partial charge in [0.1, 0.15) is 0 Å². The molecule has 0 aliphatic rings. The van der Waals surface area contributed by atoms with E-state index in [1.165, 1.54) is 7.11 Å². The Morgan fingerprint density at radius 3 is 2.00 bits per heavy atom. The highest BCUT2D eigenvalue weighted by molar-refractivity contribution is 6.86. The Labute approximate surface area is 43.9 Å². The second-order valence-corrected chi connectivity index (χ2v) is 1.68. The molecule has 3 heteroatoms. The van der Waals surface area contributed by atoms with Crippen molar-refractivity contribution in [1.82, 2.24) is 0 Å². The number of ether oxygens (including phenoxy) is 1. The molecule has 0 radical (unpaired) electrons. The summed E-state index contributed by atoms with van der Waals surface area (Å²) in [4.78, 5) is 10.3. The molecule has 0 aromatic heterocycles. The van der Waals surface area contributed by atoms with E-state index in [0.717, 1.165) is 0 Å². The molecule has 0 bridgehead atoms. The van der Waals surface area contributed by atoms with Crippen LogP contribution in [0.3, 0.4) is 0 Å². The molecule has 0 unspecified atom stereocenters. The van der Waals surface area contributed by atoms with E-state index in [2.05, 4.69) is 4.74 Å². The Morgan fingerprint density at radius 2 is 2.00 bits per heavy atom. The van der Waals surface area contributed by atoms with Crippen molar-refractivity contribution in [3.63, 3.8) is 0 Å². The molecule has 0 atom stereocenters. The number of carbonyl (C=O) groups is 1. The van der Waals surface area contributed by atoms with Crippen LogP contribution in [0.5, 0.6) is 0 Å². The maximum absolute atomic E-state index is 10.3. The molecule has 0 saturated carbocycles. The van der Waals surface area contributed by atoms with Gasteiger partial charge in [-0.2, -0.15) is 0 Å². The number of hydrogen-bond donors (Lipinski definition) is 0. The van der Waals surface area contributed by atoms with Crippen molar-refractivity contribution in [2.24, 2.45) is 0 Å². The molecule has 0 amide bonds. The smallest absolute Gasteiger partial charge is 0.271 e. The largest absolute Gasteiger partial charge is 0.477 e. The molecule has 0 aliphatic heterocycles. The summed E-state index contributed by atoms with van der Waals surface area (Å²) < 4.78 is 4.37. The zero-order valence-corrected chi connectivity index (χ0v) is 4.89. The molecule has 0 spiro atoms. The highest BCUT2D eigenvalue weighted by Gasteiger charge is 2.08. The van der Waals surface area contributed by atoms with Crippen LogP contribution < -0.4 is 0 Å². The second kappa shape index (κ2) is 2.67. The van der Waals surface area contributed by atoms with Gasteiger partial charge in [0.25, 0.3) is 12.6 Å². The third kappa shape index (κ3) is 2.26. The van der Waals surface area contributed by atoms with E-state index < -0.39 is 0 Å².